The Kier molecular flexibility index (Phi) is 4.35. The number of hydrogen-bond donors (Lipinski definition) is 1. The molecule has 1 heteroatoms. The normalized spacial score (nSPS) is 10.7. The summed E-state index contributed by atoms with van der Waals surface area (Å²) in [7, 11) is 1.91. The molecule has 0 radical (unpaired) electrons. The van der Waals surface area contributed by atoms with Crippen LogP contribution in [-0.4, -0.2) is 7.05 Å². The quantitative estimate of drug-likeness (QED) is 0.611. The summed E-state index contributed by atoms with van der Waals surface area (Å²) in [5.41, 5.74) is 3.45. The van der Waals surface area contributed by atoms with Gasteiger partial charge in [-0.25, -0.2) is 0 Å². The van der Waals surface area contributed by atoms with Crippen molar-refractivity contribution < 1.29 is 0 Å². The molecule has 11 heavy (non-hydrogen) atoms. The first-order chi connectivity index (χ1) is 5.06. The predicted octanol–water partition coefficient (Wildman–Crippen LogP) is 2.63. The lowest BCUT2D eigenvalue weighted by atomic mass is 10.2. The van der Waals surface area contributed by atoms with E-state index in [-0.39, 0.29) is 0 Å². The maximum Gasteiger partial charge on any atom is 0.0339 e. The molecule has 0 aromatic heterocycles. The van der Waals surface area contributed by atoms with E-state index in [0.717, 1.165) is 11.3 Å². The van der Waals surface area contributed by atoms with Gasteiger partial charge in [-0.1, -0.05) is 17.7 Å². The van der Waals surface area contributed by atoms with Crippen LogP contribution in [0.15, 0.2) is 35.6 Å². The largest absolute Gasteiger partial charge is 0.388 e. The summed E-state index contributed by atoms with van der Waals surface area (Å²) >= 11 is 0. The Balaban J connectivity index is 4.41. The highest BCUT2D eigenvalue weighted by molar-refractivity contribution is 5.27. The molecule has 0 aromatic rings. The van der Waals surface area contributed by atoms with Crippen LogP contribution in [0, 0.1) is 0 Å². The molecular formula is C10H17N. The van der Waals surface area contributed by atoms with Crippen LogP contribution in [0.4, 0.5) is 0 Å². The van der Waals surface area contributed by atoms with E-state index in [9.17, 15) is 0 Å². The minimum atomic E-state index is 1.06. The maximum absolute atomic E-state index is 3.80. The number of rotatable bonds is 3. The van der Waals surface area contributed by atoms with E-state index in [0.29, 0.717) is 0 Å². The van der Waals surface area contributed by atoms with Crippen LogP contribution in [0.1, 0.15) is 20.8 Å². The van der Waals surface area contributed by atoms with E-state index in [1.54, 1.807) is 0 Å². The van der Waals surface area contributed by atoms with Gasteiger partial charge in [0, 0.05) is 12.7 Å². The number of likely N-dealkylation sites (N-methyl/N-ethyl adjacent to an activating group) is 1. The van der Waals surface area contributed by atoms with Crippen molar-refractivity contribution in [2.24, 2.45) is 0 Å². The van der Waals surface area contributed by atoms with E-state index in [2.05, 4.69) is 31.8 Å². The average molecular weight is 151 g/mol. The summed E-state index contributed by atoms with van der Waals surface area (Å²) in [6, 6.07) is 0. The smallest absolute Gasteiger partial charge is 0.0339 e. The lowest BCUT2D eigenvalue weighted by Gasteiger charge is -2.01. The van der Waals surface area contributed by atoms with Gasteiger partial charge in [-0.2, -0.15) is 0 Å². The lowest BCUT2D eigenvalue weighted by Crippen LogP contribution is -2.03. The molecular weight excluding hydrogens is 134 g/mol. The van der Waals surface area contributed by atoms with E-state index in [1.165, 1.54) is 5.57 Å². The zero-order valence-electron chi connectivity index (χ0n) is 7.86. The number of nitrogens with one attached hydrogen (secondary N) is 1. The predicted molar refractivity (Wildman–Crippen MR) is 51.4 cm³/mol. The van der Waals surface area contributed by atoms with Crippen LogP contribution in [-0.2, 0) is 0 Å². The topological polar surface area (TPSA) is 12.0 Å². The van der Waals surface area contributed by atoms with E-state index < -0.39 is 0 Å². The van der Waals surface area contributed by atoms with Crippen molar-refractivity contribution in [1.82, 2.24) is 5.32 Å². The van der Waals surface area contributed by atoms with Gasteiger partial charge in [0.2, 0.25) is 0 Å². The van der Waals surface area contributed by atoms with E-state index >= 15 is 0 Å². The fourth-order valence-electron chi connectivity index (χ4n) is 0.762. The second kappa shape index (κ2) is 4.78. The first-order valence-electron chi connectivity index (χ1n) is 3.76. The molecule has 0 heterocycles. The second-order valence-corrected chi connectivity index (χ2v) is 2.92. The van der Waals surface area contributed by atoms with Crippen LogP contribution in [0.5, 0.6) is 0 Å². The molecule has 0 aliphatic heterocycles. The van der Waals surface area contributed by atoms with Crippen molar-refractivity contribution in [1.29, 1.82) is 0 Å². The van der Waals surface area contributed by atoms with Gasteiger partial charge in [0.25, 0.3) is 0 Å². The van der Waals surface area contributed by atoms with Gasteiger partial charge >= 0.3 is 0 Å². The maximum atomic E-state index is 3.80. The molecule has 0 unspecified atom stereocenters. The summed E-state index contributed by atoms with van der Waals surface area (Å²) in [6.45, 7) is 9.93. The van der Waals surface area contributed by atoms with Crippen molar-refractivity contribution in [3.63, 3.8) is 0 Å². The summed E-state index contributed by atoms with van der Waals surface area (Å²) in [6.07, 6.45) is 4.11. The van der Waals surface area contributed by atoms with Crippen LogP contribution in [0.2, 0.25) is 0 Å². The molecule has 1 nitrogen and oxygen atoms in total. The lowest BCUT2D eigenvalue weighted by molar-refractivity contribution is 1.02. The second-order valence-electron chi connectivity index (χ2n) is 2.92. The van der Waals surface area contributed by atoms with Crippen LogP contribution >= 0.6 is 0 Å². The molecule has 0 aromatic carbocycles. The highest BCUT2D eigenvalue weighted by Gasteiger charge is 1.87. The first-order valence-corrected chi connectivity index (χ1v) is 3.76. The van der Waals surface area contributed by atoms with Gasteiger partial charge in [-0.05, 0) is 32.9 Å². The molecule has 1 N–H and O–H groups in total. The summed E-state index contributed by atoms with van der Waals surface area (Å²) in [5, 5.41) is 3.09. The fourth-order valence-corrected chi connectivity index (χ4v) is 0.762. The van der Waals surface area contributed by atoms with E-state index in [1.807, 2.05) is 20.0 Å². The van der Waals surface area contributed by atoms with Gasteiger partial charge in [0.05, 0.1) is 0 Å². The Morgan fingerprint density at radius 1 is 1.18 bits per heavy atom. The van der Waals surface area contributed by atoms with Crippen molar-refractivity contribution in [3.05, 3.63) is 35.6 Å². The minimum Gasteiger partial charge on any atom is -0.388 e. The van der Waals surface area contributed by atoms with Crippen molar-refractivity contribution in [3.8, 4) is 0 Å². The van der Waals surface area contributed by atoms with Gasteiger partial charge < -0.3 is 5.32 Å². The average Bonchev–Trinajstić information content (AvgIpc) is 1.84. The van der Waals surface area contributed by atoms with Crippen molar-refractivity contribution in [2.45, 2.75) is 20.8 Å². The highest BCUT2D eigenvalue weighted by atomic mass is 14.8. The monoisotopic (exact) mass is 151 g/mol. The molecule has 0 amide bonds. The molecule has 0 saturated heterocycles. The Labute approximate surface area is 69.5 Å². The molecule has 0 bridgehead atoms. The minimum absolute atomic E-state index is 1.06. The first kappa shape index (κ1) is 10.0. The number of allylic oxidation sites excluding steroid dienone is 4. The Morgan fingerprint density at radius 2 is 1.73 bits per heavy atom. The molecule has 0 spiro atoms. The Bertz CT molecular complexity index is 193. The van der Waals surface area contributed by atoms with Gasteiger partial charge in [-0.3, -0.25) is 0 Å². The Morgan fingerprint density at radius 3 is 2.00 bits per heavy atom. The third kappa shape index (κ3) is 5.46. The third-order valence-corrected chi connectivity index (χ3v) is 1.13. The molecule has 0 saturated carbocycles. The molecule has 0 rings (SSSR count). The fraction of sp³-hybridized carbons (Fsp3) is 0.400. The van der Waals surface area contributed by atoms with Crippen LogP contribution < -0.4 is 5.32 Å². The molecule has 0 atom stereocenters. The van der Waals surface area contributed by atoms with Crippen molar-refractivity contribution >= 4 is 0 Å². The zero-order chi connectivity index (χ0) is 8.85. The molecule has 62 valence electrons. The molecule has 0 fully saturated rings. The number of hydrogen-bond acceptors (Lipinski definition) is 1. The summed E-state index contributed by atoms with van der Waals surface area (Å²) in [5.74, 6) is 0. The van der Waals surface area contributed by atoms with Crippen LogP contribution in [0.25, 0.3) is 0 Å². The van der Waals surface area contributed by atoms with Gasteiger partial charge in [0.15, 0.2) is 0 Å². The van der Waals surface area contributed by atoms with Crippen LogP contribution in [0.3, 0.4) is 0 Å². The zero-order valence-corrected chi connectivity index (χ0v) is 7.86. The third-order valence-electron chi connectivity index (χ3n) is 1.13. The summed E-state index contributed by atoms with van der Waals surface area (Å²) < 4.78 is 0. The van der Waals surface area contributed by atoms with Gasteiger partial charge in [0.1, 0.15) is 0 Å². The molecule has 0 aliphatic rings. The Hall–Kier alpha value is -0.980. The standard InChI is InChI=1S/C10H17N/c1-8(2)6-10(11-5)7-9(3)4/h6-7,11H,1H2,2-5H3/b10-6+. The summed E-state index contributed by atoms with van der Waals surface area (Å²) in [4.78, 5) is 0. The van der Waals surface area contributed by atoms with Gasteiger partial charge in [-0.15, -0.1) is 0 Å². The van der Waals surface area contributed by atoms with E-state index in [4.69, 9.17) is 0 Å². The highest BCUT2D eigenvalue weighted by Crippen LogP contribution is 2.01. The van der Waals surface area contributed by atoms with Crippen molar-refractivity contribution in [2.75, 3.05) is 7.05 Å². The SMILES string of the molecule is C=C(C)/C=C(\C=C(C)C)NC. The molecule has 0 aliphatic carbocycles.